The first-order chi connectivity index (χ1) is 8.92. The molecule has 18 heavy (non-hydrogen) atoms. The second-order valence-electron chi connectivity index (χ2n) is 3.51. The molecule has 0 saturated carbocycles. The second kappa shape index (κ2) is 4.86. The Morgan fingerprint density at radius 2 is 1.83 bits per heavy atom. The van der Waals surface area contributed by atoms with Crippen LogP contribution in [0.3, 0.4) is 0 Å². The van der Waals surface area contributed by atoms with Crippen molar-refractivity contribution in [2.45, 2.75) is 0 Å². The zero-order chi connectivity index (χ0) is 12.2. The van der Waals surface area contributed by atoms with Crippen LogP contribution in [0.25, 0.3) is 11.5 Å². The van der Waals surface area contributed by atoms with Gasteiger partial charge in [0.15, 0.2) is 0 Å². The standard InChI is InChI=1S/C14H8N2OS/c1-2-5-11(6-3-1)14-16-15-13(17-14)9-8-12-7-4-10-18-12/h1-7,10H. The number of hydrogen-bond donors (Lipinski definition) is 0. The maximum Gasteiger partial charge on any atom is 0.294 e. The third-order valence-electron chi connectivity index (χ3n) is 2.26. The van der Waals surface area contributed by atoms with Gasteiger partial charge in [-0.25, -0.2) is 0 Å². The van der Waals surface area contributed by atoms with Crippen molar-refractivity contribution in [1.82, 2.24) is 10.2 Å². The first-order valence-electron chi connectivity index (χ1n) is 5.36. The zero-order valence-corrected chi connectivity index (χ0v) is 10.1. The van der Waals surface area contributed by atoms with E-state index in [0.29, 0.717) is 11.8 Å². The van der Waals surface area contributed by atoms with Gasteiger partial charge in [0.1, 0.15) is 0 Å². The molecule has 0 amide bonds. The normalized spacial score (nSPS) is 9.78. The Morgan fingerprint density at radius 1 is 0.944 bits per heavy atom. The summed E-state index contributed by atoms with van der Waals surface area (Å²) >= 11 is 1.58. The molecule has 2 aromatic heterocycles. The Labute approximate surface area is 108 Å². The fourth-order valence-electron chi connectivity index (χ4n) is 1.44. The molecule has 0 spiro atoms. The quantitative estimate of drug-likeness (QED) is 0.624. The smallest absolute Gasteiger partial charge is 0.294 e. The van der Waals surface area contributed by atoms with Gasteiger partial charge in [-0.2, -0.15) is 0 Å². The van der Waals surface area contributed by atoms with E-state index >= 15 is 0 Å². The molecule has 0 radical (unpaired) electrons. The lowest BCUT2D eigenvalue weighted by molar-refractivity contribution is 0.555. The molecule has 0 aliphatic rings. The molecular formula is C14H8N2OS. The van der Waals surface area contributed by atoms with Crippen LogP contribution in [0, 0.1) is 11.8 Å². The van der Waals surface area contributed by atoms with E-state index in [2.05, 4.69) is 22.0 Å². The maximum absolute atomic E-state index is 5.48. The average Bonchev–Trinajstić information content (AvgIpc) is 3.09. The molecule has 86 valence electrons. The molecule has 1 aromatic carbocycles. The molecule has 0 aliphatic heterocycles. The number of nitrogens with zero attached hydrogens (tertiary/aromatic N) is 2. The van der Waals surface area contributed by atoms with E-state index in [4.69, 9.17) is 4.42 Å². The first-order valence-corrected chi connectivity index (χ1v) is 6.24. The fraction of sp³-hybridized carbons (Fsp3) is 0. The molecule has 0 aliphatic carbocycles. The summed E-state index contributed by atoms with van der Waals surface area (Å²) in [5, 5.41) is 9.86. The van der Waals surface area contributed by atoms with Crippen LogP contribution >= 0.6 is 11.3 Å². The van der Waals surface area contributed by atoms with Crippen LogP contribution in [-0.4, -0.2) is 10.2 Å². The third-order valence-corrected chi connectivity index (χ3v) is 3.04. The van der Waals surface area contributed by atoms with Gasteiger partial charge in [-0.3, -0.25) is 0 Å². The molecular weight excluding hydrogens is 244 g/mol. The van der Waals surface area contributed by atoms with Gasteiger partial charge in [-0.1, -0.05) is 29.4 Å². The highest BCUT2D eigenvalue weighted by molar-refractivity contribution is 7.10. The lowest BCUT2D eigenvalue weighted by Crippen LogP contribution is -1.75. The van der Waals surface area contributed by atoms with Crippen molar-refractivity contribution in [3.63, 3.8) is 0 Å². The van der Waals surface area contributed by atoms with E-state index in [-0.39, 0.29) is 0 Å². The van der Waals surface area contributed by atoms with Crippen LogP contribution < -0.4 is 0 Å². The summed E-state index contributed by atoms with van der Waals surface area (Å²) in [5.41, 5.74) is 0.897. The fourth-order valence-corrected chi connectivity index (χ4v) is 2.01. The SMILES string of the molecule is C(#Cc1cccs1)c1nnc(-c2ccccc2)o1. The molecule has 0 atom stereocenters. The molecule has 0 N–H and O–H groups in total. The zero-order valence-electron chi connectivity index (χ0n) is 9.33. The van der Waals surface area contributed by atoms with Gasteiger partial charge < -0.3 is 4.42 Å². The summed E-state index contributed by atoms with van der Waals surface area (Å²) in [7, 11) is 0. The molecule has 0 saturated heterocycles. The van der Waals surface area contributed by atoms with Crippen LogP contribution in [0.15, 0.2) is 52.3 Å². The van der Waals surface area contributed by atoms with Crippen LogP contribution in [0.1, 0.15) is 10.8 Å². The molecule has 0 bridgehead atoms. The van der Waals surface area contributed by atoms with E-state index < -0.39 is 0 Å². The Kier molecular flexibility index (Phi) is 2.90. The van der Waals surface area contributed by atoms with Crippen molar-refractivity contribution in [1.29, 1.82) is 0 Å². The Balaban J connectivity index is 1.86. The Hall–Kier alpha value is -2.38. The predicted molar refractivity (Wildman–Crippen MR) is 70.0 cm³/mol. The number of rotatable bonds is 1. The molecule has 0 fully saturated rings. The van der Waals surface area contributed by atoms with Crippen molar-refractivity contribution < 1.29 is 4.42 Å². The minimum Gasteiger partial charge on any atom is -0.410 e. The summed E-state index contributed by atoms with van der Waals surface area (Å²) in [5.74, 6) is 6.66. The molecule has 4 heteroatoms. The molecule has 3 aromatic rings. The van der Waals surface area contributed by atoms with Crippen LogP contribution in [0.5, 0.6) is 0 Å². The summed E-state index contributed by atoms with van der Waals surface area (Å²) in [6.45, 7) is 0. The van der Waals surface area contributed by atoms with Crippen molar-refractivity contribution in [2.24, 2.45) is 0 Å². The second-order valence-corrected chi connectivity index (χ2v) is 4.45. The van der Waals surface area contributed by atoms with Gasteiger partial charge in [-0.15, -0.1) is 16.4 Å². The Morgan fingerprint density at radius 3 is 2.61 bits per heavy atom. The van der Waals surface area contributed by atoms with Crippen LogP contribution in [0.2, 0.25) is 0 Å². The molecule has 3 rings (SSSR count). The highest BCUT2D eigenvalue weighted by Gasteiger charge is 2.05. The van der Waals surface area contributed by atoms with Gasteiger partial charge in [0, 0.05) is 11.5 Å². The van der Waals surface area contributed by atoms with E-state index in [9.17, 15) is 0 Å². The van der Waals surface area contributed by atoms with E-state index in [1.165, 1.54) is 0 Å². The van der Waals surface area contributed by atoms with Gasteiger partial charge >= 0.3 is 0 Å². The summed E-state index contributed by atoms with van der Waals surface area (Å²) in [6, 6.07) is 13.5. The molecule has 2 heterocycles. The summed E-state index contributed by atoms with van der Waals surface area (Å²) in [6.07, 6.45) is 0. The lowest BCUT2D eigenvalue weighted by atomic mass is 10.2. The molecule has 0 unspecified atom stereocenters. The summed E-state index contributed by atoms with van der Waals surface area (Å²) < 4.78 is 5.48. The van der Waals surface area contributed by atoms with E-state index in [1.54, 1.807) is 11.3 Å². The first kappa shape index (κ1) is 10.8. The maximum atomic E-state index is 5.48. The average molecular weight is 252 g/mol. The minimum atomic E-state index is 0.335. The number of hydrogen-bond acceptors (Lipinski definition) is 4. The predicted octanol–water partition coefficient (Wildman–Crippen LogP) is 3.20. The van der Waals surface area contributed by atoms with E-state index in [0.717, 1.165) is 10.4 Å². The van der Waals surface area contributed by atoms with Gasteiger partial charge in [0.25, 0.3) is 5.89 Å². The van der Waals surface area contributed by atoms with Gasteiger partial charge in [-0.05, 0) is 29.5 Å². The van der Waals surface area contributed by atoms with Crippen molar-refractivity contribution in [3.05, 3.63) is 58.6 Å². The van der Waals surface area contributed by atoms with Crippen molar-refractivity contribution in [3.8, 4) is 23.3 Å². The van der Waals surface area contributed by atoms with Crippen molar-refractivity contribution >= 4 is 11.3 Å². The number of benzene rings is 1. The monoisotopic (exact) mass is 252 g/mol. The largest absolute Gasteiger partial charge is 0.410 e. The van der Waals surface area contributed by atoms with Gasteiger partial charge in [0.2, 0.25) is 5.89 Å². The molecule has 3 nitrogen and oxygen atoms in total. The summed E-state index contributed by atoms with van der Waals surface area (Å²) in [4.78, 5) is 0.981. The minimum absolute atomic E-state index is 0.335. The van der Waals surface area contributed by atoms with Crippen LogP contribution in [0.4, 0.5) is 0 Å². The highest BCUT2D eigenvalue weighted by atomic mass is 32.1. The number of aromatic nitrogens is 2. The van der Waals surface area contributed by atoms with Gasteiger partial charge in [0.05, 0.1) is 4.88 Å². The third kappa shape index (κ3) is 2.31. The van der Waals surface area contributed by atoms with Crippen LogP contribution in [-0.2, 0) is 0 Å². The highest BCUT2D eigenvalue weighted by Crippen LogP contribution is 2.16. The van der Waals surface area contributed by atoms with Crippen molar-refractivity contribution in [2.75, 3.05) is 0 Å². The topological polar surface area (TPSA) is 38.9 Å². The van der Waals surface area contributed by atoms with E-state index in [1.807, 2.05) is 47.8 Å². The lowest BCUT2D eigenvalue weighted by Gasteiger charge is -1.90. The Bertz CT molecular complexity index is 690. The number of thiophene rings is 1.